The second-order valence-electron chi connectivity index (χ2n) is 2.80. The van der Waals surface area contributed by atoms with Gasteiger partial charge in [-0.25, -0.2) is 0 Å². The number of aliphatic hydroxyl groups is 3. The largest absolute Gasteiger partial charge is 0.389 e. The van der Waals surface area contributed by atoms with Gasteiger partial charge in [0.25, 0.3) is 0 Å². The van der Waals surface area contributed by atoms with E-state index in [1.54, 1.807) is 0 Å². The molecule has 0 aromatic heterocycles. The van der Waals surface area contributed by atoms with E-state index < -0.39 is 18.3 Å². The van der Waals surface area contributed by atoms with Gasteiger partial charge in [0, 0.05) is 19.1 Å². The van der Waals surface area contributed by atoms with Crippen LogP contribution >= 0.6 is 0 Å². The van der Waals surface area contributed by atoms with Crippen molar-refractivity contribution in [2.75, 3.05) is 13.1 Å². The Balaban J connectivity index is 2.52. The molecule has 0 aromatic rings. The molecule has 0 amide bonds. The molecule has 0 aromatic carbocycles. The molecule has 0 radical (unpaired) electrons. The van der Waals surface area contributed by atoms with Gasteiger partial charge >= 0.3 is 0 Å². The Labute approximate surface area is 64.8 Å². The summed E-state index contributed by atoms with van der Waals surface area (Å²) in [5, 5.41) is 30.3. The average molecular weight is 162 g/mol. The minimum Gasteiger partial charge on any atom is -0.389 e. The number of rotatable bonds is 1. The van der Waals surface area contributed by atoms with E-state index in [0.29, 0.717) is 0 Å². The van der Waals surface area contributed by atoms with E-state index in [1.807, 2.05) is 0 Å². The number of hydrogen-bond acceptors (Lipinski definition) is 5. The molecule has 0 aliphatic carbocycles. The lowest BCUT2D eigenvalue weighted by molar-refractivity contribution is -0.0923. The van der Waals surface area contributed by atoms with Gasteiger partial charge in [-0.05, 0) is 0 Å². The van der Waals surface area contributed by atoms with Crippen LogP contribution in [-0.2, 0) is 0 Å². The van der Waals surface area contributed by atoms with Crippen LogP contribution in [0.3, 0.4) is 0 Å². The molecular formula is C6H14N2O3. The van der Waals surface area contributed by atoms with Crippen LogP contribution in [0.15, 0.2) is 0 Å². The van der Waals surface area contributed by atoms with E-state index in [0.717, 1.165) is 0 Å². The maximum absolute atomic E-state index is 9.26. The highest BCUT2D eigenvalue weighted by molar-refractivity contribution is 4.92. The topological polar surface area (TPSA) is 98.7 Å². The van der Waals surface area contributed by atoms with Crippen molar-refractivity contribution in [2.45, 2.75) is 24.4 Å². The summed E-state index contributed by atoms with van der Waals surface area (Å²) in [6.45, 7) is 0.533. The van der Waals surface area contributed by atoms with Crippen molar-refractivity contribution in [3.8, 4) is 0 Å². The van der Waals surface area contributed by atoms with Gasteiger partial charge in [-0.1, -0.05) is 0 Å². The Bertz CT molecular complexity index is 131. The zero-order valence-corrected chi connectivity index (χ0v) is 6.14. The highest BCUT2D eigenvalue weighted by Crippen LogP contribution is 2.09. The molecule has 0 unspecified atom stereocenters. The van der Waals surface area contributed by atoms with Gasteiger partial charge in [-0.2, -0.15) is 0 Å². The summed E-state index contributed by atoms with van der Waals surface area (Å²) in [5.41, 5.74) is 5.29. The molecule has 1 saturated heterocycles. The van der Waals surface area contributed by atoms with Gasteiger partial charge in [0.15, 0.2) is 0 Å². The smallest absolute Gasteiger partial charge is 0.109 e. The van der Waals surface area contributed by atoms with Crippen molar-refractivity contribution in [1.29, 1.82) is 0 Å². The van der Waals surface area contributed by atoms with Gasteiger partial charge in [-0.15, -0.1) is 0 Å². The first-order chi connectivity index (χ1) is 5.16. The maximum Gasteiger partial charge on any atom is 0.109 e. The molecular weight excluding hydrogens is 148 g/mol. The average Bonchev–Trinajstić information content (AvgIpc) is 2.01. The fourth-order valence-corrected chi connectivity index (χ4v) is 1.20. The van der Waals surface area contributed by atoms with Gasteiger partial charge in [0.05, 0.1) is 12.2 Å². The van der Waals surface area contributed by atoms with Gasteiger partial charge in [0.1, 0.15) is 6.10 Å². The van der Waals surface area contributed by atoms with Crippen LogP contribution in [0.1, 0.15) is 0 Å². The van der Waals surface area contributed by atoms with E-state index in [1.165, 1.54) is 0 Å². The third-order valence-corrected chi connectivity index (χ3v) is 2.00. The fraction of sp³-hybridized carbons (Fsp3) is 1.00. The molecule has 1 heterocycles. The van der Waals surface area contributed by atoms with E-state index in [9.17, 15) is 5.11 Å². The summed E-state index contributed by atoms with van der Waals surface area (Å²) in [7, 11) is 0. The van der Waals surface area contributed by atoms with Crippen molar-refractivity contribution in [1.82, 2.24) is 5.32 Å². The molecule has 5 nitrogen and oxygen atoms in total. The third-order valence-electron chi connectivity index (χ3n) is 2.00. The first-order valence-corrected chi connectivity index (χ1v) is 3.64. The summed E-state index contributed by atoms with van der Waals surface area (Å²) < 4.78 is 0. The Kier molecular flexibility index (Phi) is 2.80. The molecule has 1 rings (SSSR count). The van der Waals surface area contributed by atoms with Crippen molar-refractivity contribution in [2.24, 2.45) is 5.73 Å². The van der Waals surface area contributed by atoms with Crippen molar-refractivity contribution in [3.63, 3.8) is 0 Å². The third kappa shape index (κ3) is 1.69. The molecule has 1 fully saturated rings. The predicted molar refractivity (Wildman–Crippen MR) is 38.9 cm³/mol. The number of hydrogen-bond donors (Lipinski definition) is 5. The van der Waals surface area contributed by atoms with Gasteiger partial charge in [-0.3, -0.25) is 0 Å². The van der Waals surface area contributed by atoms with E-state index in [2.05, 4.69) is 5.32 Å². The zero-order valence-electron chi connectivity index (χ0n) is 6.14. The number of nitrogens with one attached hydrogen (secondary N) is 1. The summed E-state index contributed by atoms with van der Waals surface area (Å²) >= 11 is 0. The molecule has 66 valence electrons. The van der Waals surface area contributed by atoms with E-state index in [4.69, 9.17) is 15.9 Å². The molecule has 1 aliphatic heterocycles. The molecule has 11 heavy (non-hydrogen) atoms. The number of piperidine rings is 1. The molecule has 1 aliphatic rings. The standard InChI is InChI=1S/C6H14N2O3/c7-1-3-5(10)6(11)4(9)2-8-3/h3-6,8-11H,1-2,7H2/t3-,4+,5+,6+/m1/s1. The van der Waals surface area contributed by atoms with Crippen LogP contribution in [0, 0.1) is 0 Å². The van der Waals surface area contributed by atoms with Crippen molar-refractivity contribution >= 4 is 0 Å². The predicted octanol–water partition coefficient (Wildman–Crippen LogP) is -3.00. The molecule has 0 bridgehead atoms. The van der Waals surface area contributed by atoms with Crippen LogP contribution in [0.25, 0.3) is 0 Å². The normalized spacial score (nSPS) is 45.8. The number of β-amino-alcohol motifs (C(OH)–C–C–N with tert-alkyl or cyclic N) is 1. The first kappa shape index (κ1) is 8.89. The lowest BCUT2D eigenvalue weighted by Gasteiger charge is -2.35. The first-order valence-electron chi connectivity index (χ1n) is 3.64. The van der Waals surface area contributed by atoms with Crippen molar-refractivity contribution in [3.05, 3.63) is 0 Å². The lowest BCUT2D eigenvalue weighted by Crippen LogP contribution is -2.61. The molecule has 5 heteroatoms. The fourth-order valence-electron chi connectivity index (χ4n) is 1.20. The highest BCUT2D eigenvalue weighted by atomic mass is 16.4. The van der Waals surface area contributed by atoms with Gasteiger partial charge in [0.2, 0.25) is 0 Å². The SMILES string of the molecule is NC[C@H]1NC[C@H](O)[C@H](O)[C@H]1O. The Hall–Kier alpha value is -0.200. The molecule has 4 atom stereocenters. The quantitative estimate of drug-likeness (QED) is 0.283. The summed E-state index contributed by atoms with van der Waals surface area (Å²) in [6, 6.07) is -0.312. The van der Waals surface area contributed by atoms with Gasteiger partial charge < -0.3 is 26.4 Å². The second kappa shape index (κ2) is 3.46. The van der Waals surface area contributed by atoms with Crippen LogP contribution in [0.5, 0.6) is 0 Å². The van der Waals surface area contributed by atoms with Crippen LogP contribution in [0.2, 0.25) is 0 Å². The molecule has 0 saturated carbocycles. The summed E-state index contributed by atoms with van der Waals surface area (Å²) in [4.78, 5) is 0. The zero-order chi connectivity index (χ0) is 8.43. The number of aliphatic hydroxyl groups excluding tert-OH is 3. The Morgan fingerprint density at radius 1 is 1.27 bits per heavy atom. The Morgan fingerprint density at radius 2 is 1.91 bits per heavy atom. The van der Waals surface area contributed by atoms with Crippen molar-refractivity contribution < 1.29 is 15.3 Å². The van der Waals surface area contributed by atoms with Crippen LogP contribution < -0.4 is 11.1 Å². The highest BCUT2D eigenvalue weighted by Gasteiger charge is 2.35. The summed E-state index contributed by atoms with van der Waals surface area (Å²) in [6.07, 6.45) is -2.94. The lowest BCUT2D eigenvalue weighted by atomic mass is 9.96. The monoisotopic (exact) mass is 162 g/mol. The van der Waals surface area contributed by atoms with E-state index in [-0.39, 0.29) is 19.1 Å². The second-order valence-corrected chi connectivity index (χ2v) is 2.80. The number of nitrogens with two attached hydrogens (primary N) is 1. The minimum absolute atomic E-state index is 0.255. The minimum atomic E-state index is -1.08. The summed E-state index contributed by atoms with van der Waals surface area (Å²) in [5.74, 6) is 0. The molecule has 0 spiro atoms. The molecule has 6 N–H and O–H groups in total. The van der Waals surface area contributed by atoms with Crippen LogP contribution in [0.4, 0.5) is 0 Å². The Morgan fingerprint density at radius 3 is 2.45 bits per heavy atom. The maximum atomic E-state index is 9.26. The van der Waals surface area contributed by atoms with E-state index >= 15 is 0 Å². The van der Waals surface area contributed by atoms with Crippen LogP contribution in [-0.4, -0.2) is 52.8 Å².